The Morgan fingerprint density at radius 3 is 0.487 bits per heavy atom. The third-order valence-electron chi connectivity index (χ3n) is 11.7. The van der Waals surface area contributed by atoms with Crippen molar-refractivity contribution in [1.29, 1.82) is 0 Å². The first kappa shape index (κ1) is 57.4. The molecule has 0 atom stereocenters. The molecule has 0 aliphatic heterocycles. The maximum Gasteiger partial charge on any atom is 0.206 e. The molecule has 80 heavy (non-hydrogen) atoms. The molecule has 0 radical (unpaired) electrons. The van der Waals surface area contributed by atoms with Crippen LogP contribution in [0.1, 0.15) is 0 Å². The van der Waals surface area contributed by atoms with Gasteiger partial charge in [-0.05, 0) is 231 Å². The Hall–Kier alpha value is -8.82. The Morgan fingerprint density at radius 2 is 0.350 bits per heavy atom. The standard InChI is InChI=1S/C60H52O16S4/c61-45-7-23-53(24-8-45)77(63,64)55-27-11-47(12-28-55)71-39-1-3-41-73-49-15-31-57(32-16-49)79(67,68)59-35-19-51(20-36-59)75-43-5-6-44-76-52-21-37-60(38-22-52)80(69,70)58-33-17-50(18-34-58)74-42-4-2-40-72-48-13-29-56(30-14-48)78(65,66)54-25-9-46(62)10-26-54/h1-38,61-62H,39-44H2. The van der Waals surface area contributed by atoms with Crippen molar-refractivity contribution in [1.82, 2.24) is 0 Å². The van der Waals surface area contributed by atoms with Crippen LogP contribution < -0.4 is 28.4 Å². The number of ether oxygens (including phenoxy) is 6. The molecule has 20 heteroatoms. The summed E-state index contributed by atoms with van der Waals surface area (Å²) in [6.07, 6.45) is 10.4. The molecule has 0 saturated carbocycles. The molecule has 2 N–H and O–H groups in total. The summed E-state index contributed by atoms with van der Waals surface area (Å²) < 4.78 is 139. The Kier molecular flexibility index (Phi) is 18.8. The Balaban J connectivity index is 0.696. The summed E-state index contributed by atoms with van der Waals surface area (Å²) in [7, 11) is -15.2. The SMILES string of the molecule is O=S(=O)(c1ccc(O)cc1)c1ccc(OCC=CCOc2ccc(S(=O)(=O)c3ccc(OCC=CCOc4ccc(S(=O)(=O)c5ccc(OCC=CCOc6ccc(S(=O)(=O)c7ccc(O)cc7)cc6)cc5)cc4)cc3)cc2)cc1. The van der Waals surface area contributed by atoms with Gasteiger partial charge in [0, 0.05) is 0 Å². The van der Waals surface area contributed by atoms with E-state index in [-0.39, 0.29) is 90.3 Å². The second kappa shape index (κ2) is 26.2. The summed E-state index contributed by atoms with van der Waals surface area (Å²) in [6.45, 7) is 1.13. The summed E-state index contributed by atoms with van der Waals surface area (Å²) in [6, 6.07) is 46.8. The lowest BCUT2D eigenvalue weighted by molar-refractivity contribution is 0.350. The predicted molar refractivity (Wildman–Crippen MR) is 297 cm³/mol. The normalized spacial score (nSPS) is 12.2. The highest BCUT2D eigenvalue weighted by atomic mass is 32.2. The first-order chi connectivity index (χ1) is 38.5. The van der Waals surface area contributed by atoms with Crippen molar-refractivity contribution in [3.63, 3.8) is 0 Å². The van der Waals surface area contributed by atoms with E-state index in [4.69, 9.17) is 28.4 Å². The van der Waals surface area contributed by atoms with E-state index in [1.165, 1.54) is 121 Å². The average molecular weight is 1160 g/mol. The molecule has 412 valence electrons. The van der Waals surface area contributed by atoms with Crippen LogP contribution in [0.2, 0.25) is 0 Å². The van der Waals surface area contributed by atoms with Crippen molar-refractivity contribution < 1.29 is 72.3 Å². The summed E-state index contributed by atoms with van der Waals surface area (Å²) in [5.74, 6) is 2.70. The van der Waals surface area contributed by atoms with E-state index >= 15 is 0 Å². The highest BCUT2D eigenvalue weighted by Gasteiger charge is 2.21. The summed E-state index contributed by atoms with van der Waals surface area (Å²) >= 11 is 0. The van der Waals surface area contributed by atoms with Crippen LogP contribution in [-0.4, -0.2) is 83.5 Å². The number of phenolic OH excluding ortho intramolecular Hbond substituents is 2. The number of hydrogen-bond acceptors (Lipinski definition) is 16. The van der Waals surface area contributed by atoms with Gasteiger partial charge in [0.1, 0.15) is 85.6 Å². The quantitative estimate of drug-likeness (QED) is 0.0480. The molecule has 0 aromatic heterocycles. The smallest absolute Gasteiger partial charge is 0.206 e. The largest absolute Gasteiger partial charge is 0.508 e. The average Bonchev–Trinajstić information content (AvgIpc) is 3.48. The zero-order chi connectivity index (χ0) is 56.6. The van der Waals surface area contributed by atoms with Crippen molar-refractivity contribution >= 4 is 39.3 Å². The molecule has 16 nitrogen and oxygen atoms in total. The maximum absolute atomic E-state index is 13.3. The molecule has 0 saturated heterocycles. The van der Waals surface area contributed by atoms with Gasteiger partial charge in [-0.1, -0.05) is 0 Å². The number of benzene rings is 8. The highest BCUT2D eigenvalue weighted by Crippen LogP contribution is 2.29. The lowest BCUT2D eigenvalue weighted by Gasteiger charge is -2.09. The van der Waals surface area contributed by atoms with E-state index in [9.17, 15) is 43.9 Å². The zero-order valence-electron chi connectivity index (χ0n) is 42.4. The Bertz CT molecular complexity index is 3630. The number of hydrogen-bond donors (Lipinski definition) is 2. The van der Waals surface area contributed by atoms with Crippen LogP contribution in [0.3, 0.4) is 0 Å². The minimum Gasteiger partial charge on any atom is -0.508 e. The third kappa shape index (κ3) is 15.0. The summed E-state index contributed by atoms with van der Waals surface area (Å²) in [4.78, 5) is 0.650. The molecule has 0 aliphatic carbocycles. The predicted octanol–water partition coefficient (Wildman–Crippen LogP) is 10.5. The number of phenols is 2. The van der Waals surface area contributed by atoms with E-state index in [1.807, 2.05) is 0 Å². The van der Waals surface area contributed by atoms with Crippen LogP contribution in [0.5, 0.6) is 46.0 Å². The van der Waals surface area contributed by atoms with Gasteiger partial charge in [-0.3, -0.25) is 0 Å². The van der Waals surface area contributed by atoms with E-state index in [0.717, 1.165) is 0 Å². The Morgan fingerprint density at radius 1 is 0.225 bits per heavy atom. The van der Waals surface area contributed by atoms with Gasteiger partial charge in [0.05, 0.1) is 39.2 Å². The van der Waals surface area contributed by atoms with Crippen molar-refractivity contribution in [2.24, 2.45) is 0 Å². The van der Waals surface area contributed by atoms with Crippen LogP contribution in [0.15, 0.2) is 270 Å². The van der Waals surface area contributed by atoms with Gasteiger partial charge in [0.25, 0.3) is 0 Å². The molecule has 8 rings (SSSR count). The van der Waals surface area contributed by atoms with E-state index in [1.54, 1.807) is 109 Å². The van der Waals surface area contributed by atoms with E-state index in [0.29, 0.717) is 34.5 Å². The van der Waals surface area contributed by atoms with Gasteiger partial charge in [-0.15, -0.1) is 0 Å². The van der Waals surface area contributed by atoms with Crippen LogP contribution in [0.4, 0.5) is 0 Å². The number of sulfone groups is 4. The van der Waals surface area contributed by atoms with E-state index in [2.05, 4.69) is 0 Å². The minimum atomic E-state index is -3.83. The van der Waals surface area contributed by atoms with Gasteiger partial charge in [-0.25, -0.2) is 33.7 Å². The second-order valence-electron chi connectivity index (χ2n) is 17.1. The van der Waals surface area contributed by atoms with Gasteiger partial charge < -0.3 is 38.6 Å². The molecule has 0 unspecified atom stereocenters. The summed E-state index contributed by atoms with van der Waals surface area (Å²) in [5, 5.41) is 18.9. The lowest BCUT2D eigenvalue weighted by atomic mass is 10.3. The topological polar surface area (TPSA) is 232 Å². The Labute approximate surface area is 464 Å². The molecule has 0 fully saturated rings. The van der Waals surface area contributed by atoms with Gasteiger partial charge in [-0.2, -0.15) is 0 Å². The molecule has 0 spiro atoms. The second-order valence-corrected chi connectivity index (χ2v) is 24.9. The van der Waals surface area contributed by atoms with Crippen molar-refractivity contribution in [3.8, 4) is 46.0 Å². The van der Waals surface area contributed by atoms with Gasteiger partial charge in [0.15, 0.2) is 0 Å². The molecule has 0 amide bonds. The third-order valence-corrected chi connectivity index (χ3v) is 18.8. The fourth-order valence-corrected chi connectivity index (χ4v) is 12.4. The molecule has 8 aromatic rings. The maximum atomic E-state index is 13.3. The van der Waals surface area contributed by atoms with Gasteiger partial charge in [0.2, 0.25) is 39.3 Å². The number of aromatic hydroxyl groups is 2. The van der Waals surface area contributed by atoms with Crippen molar-refractivity contribution in [3.05, 3.63) is 231 Å². The zero-order valence-corrected chi connectivity index (χ0v) is 45.7. The molecular formula is C60H52O16S4. The first-order valence-electron chi connectivity index (χ1n) is 24.4. The van der Waals surface area contributed by atoms with Crippen molar-refractivity contribution in [2.45, 2.75) is 39.2 Å². The molecule has 0 aliphatic rings. The van der Waals surface area contributed by atoms with E-state index < -0.39 is 39.3 Å². The van der Waals surface area contributed by atoms with Crippen LogP contribution >= 0.6 is 0 Å². The number of rotatable bonds is 26. The van der Waals surface area contributed by atoms with Crippen molar-refractivity contribution in [2.75, 3.05) is 39.6 Å². The minimum absolute atomic E-state index is 0.0294. The molecule has 8 aromatic carbocycles. The van der Waals surface area contributed by atoms with Crippen LogP contribution in [0, 0.1) is 0 Å². The molecular weight excluding hydrogens is 1100 g/mol. The fraction of sp³-hybridized carbons (Fsp3) is 0.100. The van der Waals surface area contributed by atoms with Crippen LogP contribution in [-0.2, 0) is 39.3 Å². The summed E-state index contributed by atoms with van der Waals surface area (Å²) in [5.41, 5.74) is 0. The first-order valence-corrected chi connectivity index (χ1v) is 30.3. The molecule has 0 bridgehead atoms. The lowest BCUT2D eigenvalue weighted by Crippen LogP contribution is -2.03. The monoisotopic (exact) mass is 1160 g/mol. The van der Waals surface area contributed by atoms with Crippen LogP contribution in [0.25, 0.3) is 0 Å². The van der Waals surface area contributed by atoms with Gasteiger partial charge >= 0.3 is 0 Å². The highest BCUT2D eigenvalue weighted by molar-refractivity contribution is 7.92. The molecule has 0 heterocycles. The fourth-order valence-electron chi connectivity index (χ4n) is 7.36.